The van der Waals surface area contributed by atoms with Crippen LogP contribution in [0.4, 0.5) is 0 Å². The Labute approximate surface area is 184 Å². The van der Waals surface area contributed by atoms with Crippen LogP contribution >= 0.6 is 11.3 Å². The summed E-state index contributed by atoms with van der Waals surface area (Å²) in [4.78, 5) is 33.1. The second-order valence-electron chi connectivity index (χ2n) is 7.95. The zero-order valence-electron chi connectivity index (χ0n) is 17.6. The van der Waals surface area contributed by atoms with Gasteiger partial charge in [-0.05, 0) is 43.5 Å². The first-order chi connectivity index (χ1) is 15.2. The van der Waals surface area contributed by atoms with Crippen molar-refractivity contribution in [2.45, 2.75) is 38.8 Å². The van der Waals surface area contributed by atoms with Crippen LogP contribution in [0.1, 0.15) is 41.2 Å². The number of aromatic nitrogens is 3. The standard InChI is InChI=1S/C23H25N5O2S/c1-30-16-7-5-15(6-8-16)23-25-12-17(31-23)13-28-11-9-19-18(14-28)22(29)27-21(26-19)20-4-2-3-10-24-20/h5-8,12H,2-4,9-11,13-14H2,1H3,(H,26,27,29). The van der Waals surface area contributed by atoms with Gasteiger partial charge in [-0.3, -0.25) is 14.7 Å². The van der Waals surface area contributed by atoms with Crippen LogP contribution in [0, 0.1) is 0 Å². The van der Waals surface area contributed by atoms with E-state index in [0.717, 1.165) is 78.6 Å². The number of methoxy groups -OCH3 is 1. The van der Waals surface area contributed by atoms with E-state index in [9.17, 15) is 4.79 Å². The van der Waals surface area contributed by atoms with Gasteiger partial charge in [0, 0.05) is 49.2 Å². The van der Waals surface area contributed by atoms with Crippen molar-refractivity contribution >= 4 is 17.0 Å². The number of rotatable bonds is 5. The summed E-state index contributed by atoms with van der Waals surface area (Å²) in [6.07, 6.45) is 5.85. The van der Waals surface area contributed by atoms with Gasteiger partial charge in [0.25, 0.3) is 5.56 Å². The van der Waals surface area contributed by atoms with Gasteiger partial charge in [-0.1, -0.05) is 0 Å². The number of fused-ring (bicyclic) bond motifs is 1. The Morgan fingerprint density at radius 2 is 2.06 bits per heavy atom. The van der Waals surface area contributed by atoms with Crippen LogP contribution in [0.15, 0.2) is 40.2 Å². The van der Waals surface area contributed by atoms with Crippen LogP contribution in [-0.2, 0) is 19.5 Å². The fraction of sp³-hybridized carbons (Fsp3) is 0.391. The van der Waals surface area contributed by atoms with Crippen LogP contribution in [0.3, 0.4) is 0 Å². The fourth-order valence-corrected chi connectivity index (χ4v) is 5.07. The summed E-state index contributed by atoms with van der Waals surface area (Å²) in [5, 5.41) is 0.993. The molecule has 3 aromatic rings. The van der Waals surface area contributed by atoms with Crippen LogP contribution in [0.25, 0.3) is 10.6 Å². The minimum atomic E-state index is -0.0267. The minimum absolute atomic E-state index is 0.0267. The largest absolute Gasteiger partial charge is 0.497 e. The number of thiazole rings is 1. The molecular formula is C23H25N5O2S. The molecule has 2 aliphatic heterocycles. The average molecular weight is 436 g/mol. The average Bonchev–Trinajstić information content (AvgIpc) is 3.28. The Hall–Kier alpha value is -2.84. The molecule has 0 spiro atoms. The van der Waals surface area contributed by atoms with E-state index in [1.54, 1.807) is 18.4 Å². The number of ether oxygens (including phenoxy) is 1. The topological polar surface area (TPSA) is 83.5 Å². The Morgan fingerprint density at radius 1 is 1.19 bits per heavy atom. The lowest BCUT2D eigenvalue weighted by atomic mass is 10.1. The quantitative estimate of drug-likeness (QED) is 0.664. The number of hydrogen-bond donors (Lipinski definition) is 1. The number of aromatic amines is 1. The molecule has 0 fully saturated rings. The van der Waals surface area contributed by atoms with Gasteiger partial charge in [0.2, 0.25) is 0 Å². The molecule has 8 heteroatoms. The summed E-state index contributed by atoms with van der Waals surface area (Å²) < 4.78 is 5.23. The molecule has 0 saturated heterocycles. The Kier molecular flexibility index (Phi) is 5.65. The maximum atomic E-state index is 12.8. The minimum Gasteiger partial charge on any atom is -0.497 e. The summed E-state index contributed by atoms with van der Waals surface area (Å²) in [6.45, 7) is 3.10. The van der Waals surface area contributed by atoms with Gasteiger partial charge in [-0.2, -0.15) is 0 Å². The Balaban J connectivity index is 1.29. The van der Waals surface area contributed by atoms with Gasteiger partial charge in [0.1, 0.15) is 10.8 Å². The molecule has 1 aromatic carbocycles. The van der Waals surface area contributed by atoms with Crippen LogP contribution in [-0.4, -0.2) is 45.8 Å². The molecule has 0 saturated carbocycles. The van der Waals surface area contributed by atoms with E-state index in [4.69, 9.17) is 9.72 Å². The summed E-state index contributed by atoms with van der Waals surface area (Å²) in [5.41, 5.74) is 3.71. The van der Waals surface area contributed by atoms with E-state index in [0.29, 0.717) is 12.4 Å². The molecule has 0 radical (unpaired) electrons. The molecule has 0 aliphatic carbocycles. The highest BCUT2D eigenvalue weighted by atomic mass is 32.1. The van der Waals surface area contributed by atoms with E-state index in [1.165, 1.54) is 4.88 Å². The number of H-pyrrole nitrogens is 1. The van der Waals surface area contributed by atoms with Crippen molar-refractivity contribution in [3.63, 3.8) is 0 Å². The molecule has 31 heavy (non-hydrogen) atoms. The Bertz CT molecular complexity index is 1170. The predicted octanol–water partition coefficient (Wildman–Crippen LogP) is 3.43. The van der Waals surface area contributed by atoms with E-state index in [1.807, 2.05) is 30.5 Å². The van der Waals surface area contributed by atoms with E-state index < -0.39 is 0 Å². The monoisotopic (exact) mass is 435 g/mol. The lowest BCUT2D eigenvalue weighted by Crippen LogP contribution is -2.36. The maximum Gasteiger partial charge on any atom is 0.255 e. The first kappa shape index (κ1) is 20.1. The van der Waals surface area contributed by atoms with Crippen LogP contribution < -0.4 is 10.3 Å². The van der Waals surface area contributed by atoms with Gasteiger partial charge in [-0.25, -0.2) is 9.97 Å². The molecule has 4 heterocycles. The summed E-state index contributed by atoms with van der Waals surface area (Å²) in [6, 6.07) is 7.95. The molecule has 0 unspecified atom stereocenters. The number of nitrogens with zero attached hydrogens (tertiary/aromatic N) is 4. The third-order valence-corrected chi connectivity index (χ3v) is 6.85. The first-order valence-corrected chi connectivity index (χ1v) is 11.5. The van der Waals surface area contributed by atoms with Crippen molar-refractivity contribution in [1.82, 2.24) is 19.9 Å². The lowest BCUT2D eigenvalue weighted by Gasteiger charge is -2.27. The molecule has 7 nitrogen and oxygen atoms in total. The van der Waals surface area contributed by atoms with Crippen molar-refractivity contribution in [2.24, 2.45) is 4.99 Å². The Morgan fingerprint density at radius 3 is 2.84 bits per heavy atom. The van der Waals surface area contributed by atoms with Gasteiger partial charge >= 0.3 is 0 Å². The zero-order chi connectivity index (χ0) is 21.2. The highest BCUT2D eigenvalue weighted by molar-refractivity contribution is 7.15. The highest BCUT2D eigenvalue weighted by Crippen LogP contribution is 2.28. The third kappa shape index (κ3) is 4.31. The number of hydrogen-bond acceptors (Lipinski definition) is 7. The van der Waals surface area contributed by atoms with Gasteiger partial charge < -0.3 is 9.72 Å². The molecule has 0 bridgehead atoms. The second kappa shape index (κ2) is 8.72. The van der Waals surface area contributed by atoms with Crippen molar-refractivity contribution < 1.29 is 4.74 Å². The molecule has 2 aromatic heterocycles. The van der Waals surface area contributed by atoms with Crippen molar-refractivity contribution in [3.05, 3.63) is 62.8 Å². The van der Waals surface area contributed by atoms with Crippen molar-refractivity contribution in [3.8, 4) is 16.3 Å². The normalized spacial score (nSPS) is 16.6. The van der Waals surface area contributed by atoms with E-state index in [2.05, 4.69) is 19.9 Å². The van der Waals surface area contributed by atoms with Crippen molar-refractivity contribution in [2.75, 3.05) is 20.2 Å². The fourth-order valence-electron chi connectivity index (χ4n) is 4.11. The van der Waals surface area contributed by atoms with E-state index in [-0.39, 0.29) is 5.56 Å². The van der Waals surface area contributed by atoms with E-state index >= 15 is 0 Å². The summed E-state index contributed by atoms with van der Waals surface area (Å²) in [7, 11) is 1.67. The van der Waals surface area contributed by atoms with Gasteiger partial charge in [0.05, 0.1) is 24.1 Å². The zero-order valence-corrected chi connectivity index (χ0v) is 18.4. The molecular weight excluding hydrogens is 410 g/mol. The summed E-state index contributed by atoms with van der Waals surface area (Å²) in [5.74, 6) is 1.51. The smallest absolute Gasteiger partial charge is 0.255 e. The molecule has 1 N–H and O–H groups in total. The SMILES string of the molecule is COc1ccc(-c2ncc(CN3CCc4nc(C5=NCCCC5)[nH]c(=O)c4C3)s2)cc1. The van der Waals surface area contributed by atoms with Crippen LogP contribution in [0.5, 0.6) is 5.75 Å². The van der Waals surface area contributed by atoms with Crippen molar-refractivity contribution in [1.29, 1.82) is 0 Å². The molecule has 2 aliphatic rings. The van der Waals surface area contributed by atoms with Gasteiger partial charge in [0.15, 0.2) is 5.82 Å². The molecule has 0 amide bonds. The maximum absolute atomic E-state index is 12.8. The number of nitrogens with one attached hydrogen (secondary N) is 1. The second-order valence-corrected chi connectivity index (χ2v) is 9.06. The summed E-state index contributed by atoms with van der Waals surface area (Å²) >= 11 is 1.69. The third-order valence-electron chi connectivity index (χ3n) is 5.82. The lowest BCUT2D eigenvalue weighted by molar-refractivity contribution is 0.243. The number of benzene rings is 1. The predicted molar refractivity (Wildman–Crippen MR) is 122 cm³/mol. The van der Waals surface area contributed by atoms with Gasteiger partial charge in [-0.15, -0.1) is 11.3 Å². The molecule has 0 atom stereocenters. The van der Waals surface area contributed by atoms with Crippen LogP contribution in [0.2, 0.25) is 0 Å². The first-order valence-electron chi connectivity index (χ1n) is 10.7. The highest BCUT2D eigenvalue weighted by Gasteiger charge is 2.23. The molecule has 5 rings (SSSR count). The molecule has 160 valence electrons. The number of aliphatic imine (C=N–C) groups is 1.